The predicted molar refractivity (Wildman–Crippen MR) is 107 cm³/mol. The van der Waals surface area contributed by atoms with Crippen LogP contribution in [0.15, 0.2) is 47.0 Å². The van der Waals surface area contributed by atoms with E-state index in [4.69, 9.17) is 9.40 Å². The summed E-state index contributed by atoms with van der Waals surface area (Å²) in [6.07, 6.45) is 2.04. The van der Waals surface area contributed by atoms with Gasteiger partial charge >= 0.3 is 0 Å². The zero-order valence-electron chi connectivity index (χ0n) is 15.3. The van der Waals surface area contributed by atoms with Crippen LogP contribution < -0.4 is 5.19 Å². The summed E-state index contributed by atoms with van der Waals surface area (Å²) in [4.78, 5) is 9.22. The summed E-state index contributed by atoms with van der Waals surface area (Å²) in [6, 6.07) is 12.8. The van der Waals surface area contributed by atoms with Gasteiger partial charge in [0.15, 0.2) is 5.58 Å². The molecule has 0 aliphatic carbocycles. The van der Waals surface area contributed by atoms with Crippen LogP contribution >= 0.6 is 0 Å². The lowest BCUT2D eigenvalue weighted by Gasteiger charge is -2.16. The van der Waals surface area contributed by atoms with Crippen molar-refractivity contribution in [3.05, 3.63) is 54.0 Å². The monoisotopic (exact) mass is 346 g/mol. The van der Waals surface area contributed by atoms with Gasteiger partial charge in [0.1, 0.15) is 5.58 Å². The third-order valence-electron chi connectivity index (χ3n) is 4.68. The molecule has 1 aromatic carbocycles. The Labute approximate surface area is 148 Å². The molecule has 4 rings (SSSR count). The lowest BCUT2D eigenvalue weighted by molar-refractivity contribution is 0.662. The first kappa shape index (κ1) is 16.0. The van der Waals surface area contributed by atoms with E-state index in [-0.39, 0.29) is 0 Å². The number of benzene rings is 1. The molecular weight excluding hydrogens is 324 g/mol. The van der Waals surface area contributed by atoms with E-state index in [9.17, 15) is 0 Å². The fourth-order valence-electron chi connectivity index (χ4n) is 3.25. The third-order valence-corrected chi connectivity index (χ3v) is 6.71. The van der Waals surface area contributed by atoms with Gasteiger partial charge in [-0.25, -0.2) is 0 Å². The molecule has 4 heteroatoms. The molecule has 0 N–H and O–H groups in total. The summed E-state index contributed by atoms with van der Waals surface area (Å²) in [5.41, 5.74) is 5.83. The van der Waals surface area contributed by atoms with Crippen LogP contribution in [0.4, 0.5) is 0 Å². The molecule has 3 heterocycles. The Morgan fingerprint density at radius 2 is 1.72 bits per heavy atom. The summed E-state index contributed by atoms with van der Waals surface area (Å²) in [7, 11) is -1.32. The second-order valence-corrected chi connectivity index (χ2v) is 12.8. The molecule has 0 unspecified atom stereocenters. The Morgan fingerprint density at radius 1 is 0.920 bits per heavy atom. The summed E-state index contributed by atoms with van der Waals surface area (Å²) in [5.74, 6) is 0. The Kier molecular flexibility index (Phi) is 3.54. The van der Waals surface area contributed by atoms with Gasteiger partial charge in [-0.1, -0.05) is 25.7 Å². The molecule has 0 atom stereocenters. The summed E-state index contributed by atoms with van der Waals surface area (Å²) < 4.78 is 6.02. The van der Waals surface area contributed by atoms with E-state index in [1.807, 2.05) is 26.1 Å². The molecule has 0 amide bonds. The molecule has 126 valence electrons. The van der Waals surface area contributed by atoms with E-state index in [0.717, 1.165) is 44.6 Å². The number of hydrogen-bond acceptors (Lipinski definition) is 3. The third kappa shape index (κ3) is 2.76. The SMILES string of the molecule is Cc1cc2c(oc3ccc(-c4ccc([Si](C)(C)C)cn4)cc32)c(C)n1. The average molecular weight is 347 g/mol. The average Bonchev–Trinajstić information content (AvgIpc) is 2.92. The van der Waals surface area contributed by atoms with Gasteiger partial charge in [0.05, 0.1) is 19.5 Å². The molecule has 0 saturated heterocycles. The van der Waals surface area contributed by atoms with Crippen molar-refractivity contribution in [1.82, 2.24) is 9.97 Å². The highest BCUT2D eigenvalue weighted by molar-refractivity contribution is 6.88. The van der Waals surface area contributed by atoms with Gasteiger partial charge in [-0.15, -0.1) is 0 Å². The lowest BCUT2D eigenvalue weighted by atomic mass is 10.1. The first-order valence-electron chi connectivity index (χ1n) is 8.60. The van der Waals surface area contributed by atoms with Gasteiger partial charge in [0.2, 0.25) is 0 Å². The van der Waals surface area contributed by atoms with E-state index >= 15 is 0 Å². The number of pyridine rings is 2. The van der Waals surface area contributed by atoms with Crippen molar-refractivity contribution in [2.24, 2.45) is 0 Å². The topological polar surface area (TPSA) is 38.9 Å². The second-order valence-electron chi connectivity index (χ2n) is 7.72. The fourth-order valence-corrected chi connectivity index (χ4v) is 4.29. The standard InChI is InChI=1S/C21H22N2OSi/c1-13-10-18-17-11-15(6-9-20(17)24-21(18)14(2)23-13)19-8-7-16(12-22-19)25(3,4)5/h6-12H,1-5H3. The van der Waals surface area contributed by atoms with Gasteiger partial charge in [0, 0.05) is 28.2 Å². The largest absolute Gasteiger partial charge is 0.454 e. The van der Waals surface area contributed by atoms with Gasteiger partial charge in [-0.05, 0) is 49.4 Å². The van der Waals surface area contributed by atoms with Gasteiger partial charge in [-0.2, -0.15) is 0 Å². The number of rotatable bonds is 2. The number of hydrogen-bond donors (Lipinski definition) is 0. The van der Waals surface area contributed by atoms with Crippen LogP contribution in [0.5, 0.6) is 0 Å². The zero-order chi connectivity index (χ0) is 17.8. The first-order valence-corrected chi connectivity index (χ1v) is 12.1. The van der Waals surface area contributed by atoms with Crippen molar-refractivity contribution in [3.8, 4) is 11.3 Å². The molecule has 0 bridgehead atoms. The summed E-state index contributed by atoms with van der Waals surface area (Å²) in [5, 5.41) is 3.63. The van der Waals surface area contributed by atoms with Gasteiger partial charge in [-0.3, -0.25) is 9.97 Å². The van der Waals surface area contributed by atoms with Crippen LogP contribution in [0.1, 0.15) is 11.4 Å². The Bertz CT molecular complexity index is 1090. The minimum atomic E-state index is -1.32. The van der Waals surface area contributed by atoms with E-state index in [1.54, 1.807) is 0 Å². The summed E-state index contributed by atoms with van der Waals surface area (Å²) in [6.45, 7) is 11.0. The maximum absolute atomic E-state index is 6.02. The first-order chi connectivity index (χ1) is 11.8. The van der Waals surface area contributed by atoms with Crippen LogP contribution in [0.2, 0.25) is 19.6 Å². The van der Waals surface area contributed by atoms with Crippen LogP contribution in [0.25, 0.3) is 33.2 Å². The molecule has 0 fully saturated rings. The Hall–Kier alpha value is -2.46. The highest BCUT2D eigenvalue weighted by atomic mass is 28.3. The van der Waals surface area contributed by atoms with Gasteiger partial charge in [0.25, 0.3) is 0 Å². The zero-order valence-corrected chi connectivity index (χ0v) is 16.3. The van der Waals surface area contributed by atoms with E-state index in [2.05, 4.69) is 55.0 Å². The fraction of sp³-hybridized carbons (Fsp3) is 0.238. The van der Waals surface area contributed by atoms with Gasteiger partial charge < -0.3 is 4.42 Å². The molecule has 0 aliphatic rings. The van der Waals surface area contributed by atoms with Crippen LogP contribution in [-0.2, 0) is 0 Å². The molecule has 25 heavy (non-hydrogen) atoms. The highest BCUT2D eigenvalue weighted by Gasteiger charge is 2.17. The minimum Gasteiger partial charge on any atom is -0.454 e. The van der Waals surface area contributed by atoms with Crippen LogP contribution in [0, 0.1) is 13.8 Å². The molecule has 0 aliphatic heterocycles. The minimum absolute atomic E-state index is 0.875. The van der Waals surface area contributed by atoms with Crippen LogP contribution in [0.3, 0.4) is 0 Å². The second kappa shape index (κ2) is 5.53. The number of nitrogens with zero attached hydrogens (tertiary/aromatic N) is 2. The molecule has 4 aromatic rings. The van der Waals surface area contributed by atoms with Crippen molar-refractivity contribution in [1.29, 1.82) is 0 Å². The Morgan fingerprint density at radius 3 is 2.40 bits per heavy atom. The van der Waals surface area contributed by atoms with E-state index < -0.39 is 8.07 Å². The molecular formula is C21H22N2OSi. The predicted octanol–water partition coefficient (Wildman–Crippen LogP) is 5.21. The smallest absolute Gasteiger partial charge is 0.156 e. The van der Waals surface area contributed by atoms with Crippen LogP contribution in [-0.4, -0.2) is 18.0 Å². The Balaban J connectivity index is 1.87. The summed E-state index contributed by atoms with van der Waals surface area (Å²) >= 11 is 0. The van der Waals surface area contributed by atoms with Crippen molar-refractivity contribution < 1.29 is 4.42 Å². The number of furan rings is 1. The quantitative estimate of drug-likeness (QED) is 0.468. The number of fused-ring (bicyclic) bond motifs is 3. The molecule has 3 nitrogen and oxygen atoms in total. The van der Waals surface area contributed by atoms with E-state index in [1.165, 1.54) is 5.19 Å². The maximum atomic E-state index is 6.02. The molecule has 3 aromatic heterocycles. The van der Waals surface area contributed by atoms with E-state index in [0.29, 0.717) is 0 Å². The molecule has 0 spiro atoms. The van der Waals surface area contributed by atoms with Crippen molar-refractivity contribution in [3.63, 3.8) is 0 Å². The molecule has 0 saturated carbocycles. The van der Waals surface area contributed by atoms with Crippen molar-refractivity contribution in [2.75, 3.05) is 0 Å². The maximum Gasteiger partial charge on any atom is 0.156 e. The number of aromatic nitrogens is 2. The normalized spacial score (nSPS) is 12.2. The number of aryl methyl sites for hydroxylation is 2. The molecule has 0 radical (unpaired) electrons. The lowest BCUT2D eigenvalue weighted by Crippen LogP contribution is -2.37. The van der Waals surface area contributed by atoms with Crippen molar-refractivity contribution >= 4 is 35.2 Å². The van der Waals surface area contributed by atoms with Crippen molar-refractivity contribution in [2.45, 2.75) is 33.5 Å². The highest BCUT2D eigenvalue weighted by Crippen LogP contribution is 2.33.